The van der Waals surface area contributed by atoms with E-state index in [4.69, 9.17) is 22.1 Å². The van der Waals surface area contributed by atoms with Gasteiger partial charge in [-0.15, -0.1) is 0 Å². The molecule has 140 valence electrons. The molecular weight excluding hydrogens is 348 g/mol. The summed E-state index contributed by atoms with van der Waals surface area (Å²) in [6.07, 6.45) is 1.87. The fraction of sp³-hybridized carbons (Fsp3) is 0.526. The van der Waals surface area contributed by atoms with Gasteiger partial charge in [0.1, 0.15) is 0 Å². The number of hydrogen-bond acceptors (Lipinski definition) is 5. The first-order chi connectivity index (χ1) is 12.5. The molecule has 0 bridgehead atoms. The first-order valence-corrected chi connectivity index (χ1v) is 9.50. The van der Waals surface area contributed by atoms with E-state index >= 15 is 0 Å². The number of esters is 1. The molecule has 1 aliphatic rings. The lowest BCUT2D eigenvalue weighted by molar-refractivity contribution is -0.150. The lowest BCUT2D eigenvalue weighted by Crippen LogP contribution is -2.40. The van der Waals surface area contributed by atoms with Crippen LogP contribution in [0.1, 0.15) is 25.3 Å². The van der Waals surface area contributed by atoms with Gasteiger partial charge in [0.25, 0.3) is 0 Å². The highest BCUT2D eigenvalue weighted by Gasteiger charge is 2.27. The van der Waals surface area contributed by atoms with Crippen molar-refractivity contribution in [2.24, 2.45) is 13.0 Å². The lowest BCUT2D eigenvalue weighted by Gasteiger charge is -2.31. The zero-order valence-electron chi connectivity index (χ0n) is 15.6. The van der Waals surface area contributed by atoms with Crippen LogP contribution in [-0.2, 0) is 23.2 Å². The van der Waals surface area contributed by atoms with Gasteiger partial charge in [-0.1, -0.05) is 29.8 Å². The van der Waals surface area contributed by atoms with Crippen LogP contribution < -0.4 is 0 Å². The average Bonchev–Trinajstić information content (AvgIpc) is 2.91. The van der Waals surface area contributed by atoms with Crippen molar-refractivity contribution >= 4 is 18.2 Å². The fourth-order valence-electron chi connectivity index (χ4n) is 3.36. The predicted octanol–water partition coefficient (Wildman–Crippen LogP) is 3.16. The second kappa shape index (κ2) is 8.14. The summed E-state index contributed by atoms with van der Waals surface area (Å²) in [5.74, 6) is 0.703. The summed E-state index contributed by atoms with van der Waals surface area (Å²) >= 11 is 5.58. The second-order valence-electron chi connectivity index (χ2n) is 6.84. The SMILES string of the molecule is CCOC(=O)[C@@H]1CCCN(Cn2nc(-c3ccc(C)cc3)n(C)c2=S)C1. The summed E-state index contributed by atoms with van der Waals surface area (Å²) in [4.78, 5) is 14.3. The molecule has 0 unspecified atom stereocenters. The van der Waals surface area contributed by atoms with Crippen LogP contribution in [0.2, 0.25) is 0 Å². The number of aryl methyl sites for hydroxylation is 1. The standard InChI is InChI=1S/C19H26N4O2S/c1-4-25-18(24)16-6-5-11-22(12-16)13-23-19(26)21(3)17(20-23)15-9-7-14(2)8-10-15/h7-10,16H,4-6,11-13H2,1-3H3/t16-/m1/s1. The smallest absolute Gasteiger partial charge is 0.310 e. The summed E-state index contributed by atoms with van der Waals surface area (Å²) in [5.41, 5.74) is 2.26. The normalized spacial score (nSPS) is 18.0. The summed E-state index contributed by atoms with van der Waals surface area (Å²) in [6, 6.07) is 8.28. The van der Waals surface area contributed by atoms with E-state index in [1.165, 1.54) is 5.56 Å². The molecule has 1 saturated heterocycles. The van der Waals surface area contributed by atoms with Crippen LogP contribution in [-0.4, -0.2) is 44.9 Å². The molecule has 3 rings (SSSR count). The Morgan fingerprint density at radius 3 is 2.77 bits per heavy atom. The van der Waals surface area contributed by atoms with Crippen molar-refractivity contribution in [2.75, 3.05) is 19.7 Å². The number of ether oxygens (including phenoxy) is 1. The molecule has 1 fully saturated rings. The second-order valence-corrected chi connectivity index (χ2v) is 7.21. The van der Waals surface area contributed by atoms with Crippen LogP contribution in [0.15, 0.2) is 24.3 Å². The van der Waals surface area contributed by atoms with E-state index in [-0.39, 0.29) is 11.9 Å². The summed E-state index contributed by atoms with van der Waals surface area (Å²) in [7, 11) is 1.94. The maximum absolute atomic E-state index is 12.0. The van der Waals surface area contributed by atoms with E-state index in [1.54, 1.807) is 0 Å². The van der Waals surface area contributed by atoms with Crippen molar-refractivity contribution in [3.05, 3.63) is 34.6 Å². The number of carbonyl (C=O) groups excluding carboxylic acids is 1. The number of benzene rings is 1. The van der Waals surface area contributed by atoms with Gasteiger partial charge in [0.05, 0.1) is 19.2 Å². The zero-order valence-corrected chi connectivity index (χ0v) is 16.5. The molecule has 0 saturated carbocycles. The highest BCUT2D eigenvalue weighted by molar-refractivity contribution is 7.71. The molecular formula is C19H26N4O2S. The van der Waals surface area contributed by atoms with Crippen molar-refractivity contribution in [3.63, 3.8) is 0 Å². The molecule has 1 aromatic carbocycles. The number of likely N-dealkylation sites (tertiary alicyclic amines) is 1. The zero-order chi connectivity index (χ0) is 18.7. The van der Waals surface area contributed by atoms with Gasteiger partial charge >= 0.3 is 5.97 Å². The van der Waals surface area contributed by atoms with Crippen LogP contribution in [0.5, 0.6) is 0 Å². The quantitative estimate of drug-likeness (QED) is 0.594. The molecule has 0 amide bonds. The van der Waals surface area contributed by atoms with Crippen LogP contribution in [0.3, 0.4) is 0 Å². The molecule has 26 heavy (non-hydrogen) atoms. The molecule has 1 aliphatic heterocycles. The number of carbonyl (C=O) groups is 1. The Bertz CT molecular complexity index is 825. The molecule has 0 radical (unpaired) electrons. The van der Waals surface area contributed by atoms with Crippen molar-refractivity contribution < 1.29 is 9.53 Å². The van der Waals surface area contributed by atoms with Crippen molar-refractivity contribution in [1.29, 1.82) is 0 Å². The summed E-state index contributed by atoms with van der Waals surface area (Å²) in [6.45, 7) is 6.57. The van der Waals surface area contributed by atoms with Crippen LogP contribution >= 0.6 is 12.2 Å². The van der Waals surface area contributed by atoms with Crippen molar-refractivity contribution in [2.45, 2.75) is 33.4 Å². The van der Waals surface area contributed by atoms with Crippen molar-refractivity contribution in [1.82, 2.24) is 19.2 Å². The number of nitrogens with zero attached hydrogens (tertiary/aromatic N) is 4. The average molecular weight is 375 g/mol. The fourth-order valence-corrected chi connectivity index (χ4v) is 3.55. The van der Waals surface area contributed by atoms with Gasteiger partial charge in [0.15, 0.2) is 10.6 Å². The van der Waals surface area contributed by atoms with Gasteiger partial charge in [-0.2, -0.15) is 5.10 Å². The minimum Gasteiger partial charge on any atom is -0.466 e. The van der Waals surface area contributed by atoms with Crippen LogP contribution in [0.25, 0.3) is 11.4 Å². The Morgan fingerprint density at radius 2 is 2.08 bits per heavy atom. The van der Waals surface area contributed by atoms with Gasteiger partial charge in [0.2, 0.25) is 0 Å². The summed E-state index contributed by atoms with van der Waals surface area (Å²) in [5, 5.41) is 4.73. The molecule has 2 heterocycles. The van der Waals surface area contributed by atoms with E-state index in [0.29, 0.717) is 24.6 Å². The van der Waals surface area contributed by atoms with Gasteiger partial charge in [0, 0.05) is 19.2 Å². The number of rotatable bonds is 5. The molecule has 1 atom stereocenters. The molecule has 6 nitrogen and oxygen atoms in total. The summed E-state index contributed by atoms with van der Waals surface area (Å²) < 4.78 is 9.64. The highest BCUT2D eigenvalue weighted by Crippen LogP contribution is 2.21. The first-order valence-electron chi connectivity index (χ1n) is 9.09. The minimum atomic E-state index is -0.0952. The predicted molar refractivity (Wildman–Crippen MR) is 103 cm³/mol. The highest BCUT2D eigenvalue weighted by atomic mass is 32.1. The Kier molecular flexibility index (Phi) is 5.88. The van der Waals surface area contributed by atoms with Gasteiger partial charge in [-0.25, -0.2) is 4.68 Å². The molecule has 2 aromatic rings. The Hall–Kier alpha value is -1.99. The molecule has 7 heteroatoms. The number of aromatic nitrogens is 3. The third-order valence-electron chi connectivity index (χ3n) is 4.81. The Balaban J connectivity index is 1.76. The van der Waals surface area contributed by atoms with E-state index in [1.807, 2.05) is 23.2 Å². The molecule has 0 N–H and O–H groups in total. The maximum atomic E-state index is 12.0. The van der Waals surface area contributed by atoms with E-state index in [0.717, 1.165) is 30.8 Å². The monoisotopic (exact) mass is 374 g/mol. The van der Waals surface area contributed by atoms with Gasteiger partial charge < -0.3 is 9.30 Å². The first kappa shape index (κ1) is 18.8. The lowest BCUT2D eigenvalue weighted by atomic mass is 9.99. The van der Waals surface area contributed by atoms with E-state index < -0.39 is 0 Å². The van der Waals surface area contributed by atoms with Gasteiger partial charge in [-0.05, 0) is 45.5 Å². The van der Waals surface area contributed by atoms with E-state index in [9.17, 15) is 4.79 Å². The van der Waals surface area contributed by atoms with Gasteiger partial charge in [-0.3, -0.25) is 9.69 Å². The van der Waals surface area contributed by atoms with Crippen LogP contribution in [0, 0.1) is 17.6 Å². The number of hydrogen-bond donors (Lipinski definition) is 0. The largest absolute Gasteiger partial charge is 0.466 e. The molecule has 1 aromatic heterocycles. The third-order valence-corrected chi connectivity index (χ3v) is 5.29. The van der Waals surface area contributed by atoms with Crippen molar-refractivity contribution in [3.8, 4) is 11.4 Å². The van der Waals surface area contributed by atoms with Crippen LogP contribution in [0.4, 0.5) is 0 Å². The Morgan fingerprint density at radius 1 is 1.35 bits per heavy atom. The third kappa shape index (κ3) is 4.04. The molecule has 0 spiro atoms. The minimum absolute atomic E-state index is 0.0573. The maximum Gasteiger partial charge on any atom is 0.310 e. The molecule has 0 aliphatic carbocycles. The topological polar surface area (TPSA) is 52.3 Å². The number of piperidine rings is 1. The van der Waals surface area contributed by atoms with E-state index in [2.05, 4.69) is 36.1 Å². The Labute approximate surface area is 159 Å².